The third-order valence-corrected chi connectivity index (χ3v) is 1.07. The predicted molar refractivity (Wildman–Crippen MR) is 38.8 cm³/mol. The fraction of sp³-hybridized carbons (Fsp3) is 0.571. The Morgan fingerprint density at radius 2 is 2.22 bits per heavy atom. The van der Waals surface area contributed by atoms with Crippen LogP contribution in [-0.4, -0.2) is 13.0 Å². The molecule has 2 heteroatoms. The zero-order valence-corrected chi connectivity index (χ0v) is 6.19. The second-order valence-electron chi connectivity index (χ2n) is 1.83. The standard InChI is InChI=1S/C7H13NO/c1-4-5-6(2)7(8)9-3/h5,8H,4H2,1-3H3. The predicted octanol–water partition coefficient (Wildman–Crippen LogP) is 1.97. The second kappa shape index (κ2) is 4.13. The smallest absolute Gasteiger partial charge is 0.208 e. The van der Waals surface area contributed by atoms with E-state index in [4.69, 9.17) is 5.41 Å². The molecular formula is C7H13NO. The van der Waals surface area contributed by atoms with E-state index in [1.165, 1.54) is 7.11 Å². The van der Waals surface area contributed by atoms with Crippen molar-refractivity contribution in [2.24, 2.45) is 0 Å². The molecule has 0 atom stereocenters. The van der Waals surface area contributed by atoms with Crippen LogP contribution in [0, 0.1) is 5.41 Å². The van der Waals surface area contributed by atoms with Crippen LogP contribution in [0.3, 0.4) is 0 Å². The Kier molecular flexibility index (Phi) is 3.76. The largest absolute Gasteiger partial charge is 0.481 e. The summed E-state index contributed by atoms with van der Waals surface area (Å²) in [7, 11) is 1.51. The lowest BCUT2D eigenvalue weighted by molar-refractivity contribution is 0.399. The highest BCUT2D eigenvalue weighted by atomic mass is 16.5. The molecule has 0 saturated heterocycles. The highest BCUT2D eigenvalue weighted by molar-refractivity contribution is 5.89. The molecule has 0 heterocycles. The Hall–Kier alpha value is -0.790. The third-order valence-electron chi connectivity index (χ3n) is 1.07. The van der Waals surface area contributed by atoms with Gasteiger partial charge < -0.3 is 4.74 Å². The first-order valence-electron chi connectivity index (χ1n) is 3.02. The zero-order valence-electron chi connectivity index (χ0n) is 6.19. The fourth-order valence-electron chi connectivity index (χ4n) is 0.560. The highest BCUT2D eigenvalue weighted by Crippen LogP contribution is 1.96. The molecule has 9 heavy (non-hydrogen) atoms. The van der Waals surface area contributed by atoms with Gasteiger partial charge in [0.1, 0.15) is 0 Å². The van der Waals surface area contributed by atoms with Gasteiger partial charge >= 0.3 is 0 Å². The van der Waals surface area contributed by atoms with E-state index in [0.717, 1.165) is 12.0 Å². The Balaban J connectivity index is 3.86. The van der Waals surface area contributed by atoms with Gasteiger partial charge in [0.25, 0.3) is 0 Å². The van der Waals surface area contributed by atoms with Gasteiger partial charge in [-0.2, -0.15) is 0 Å². The van der Waals surface area contributed by atoms with E-state index in [9.17, 15) is 0 Å². The highest BCUT2D eigenvalue weighted by Gasteiger charge is 1.94. The van der Waals surface area contributed by atoms with Gasteiger partial charge in [-0.3, -0.25) is 5.41 Å². The molecule has 1 N–H and O–H groups in total. The Morgan fingerprint density at radius 3 is 2.56 bits per heavy atom. The lowest BCUT2D eigenvalue weighted by atomic mass is 10.2. The summed E-state index contributed by atoms with van der Waals surface area (Å²) in [6, 6.07) is 0. The summed E-state index contributed by atoms with van der Waals surface area (Å²) < 4.78 is 4.68. The number of ether oxygens (including phenoxy) is 1. The van der Waals surface area contributed by atoms with Crippen LogP contribution < -0.4 is 0 Å². The Labute approximate surface area is 56.0 Å². The molecule has 0 amide bonds. The first-order valence-corrected chi connectivity index (χ1v) is 3.02. The van der Waals surface area contributed by atoms with Crippen LogP contribution in [0.25, 0.3) is 0 Å². The number of nitrogens with one attached hydrogen (secondary N) is 1. The summed E-state index contributed by atoms with van der Waals surface area (Å²) in [5.41, 5.74) is 0.903. The summed E-state index contributed by atoms with van der Waals surface area (Å²) in [6.45, 7) is 3.90. The monoisotopic (exact) mass is 127 g/mol. The maximum absolute atomic E-state index is 7.16. The molecule has 0 aliphatic rings. The van der Waals surface area contributed by atoms with Crippen LogP contribution in [0.5, 0.6) is 0 Å². The van der Waals surface area contributed by atoms with Crippen LogP contribution in [0.2, 0.25) is 0 Å². The SMILES string of the molecule is CCC=C(C)C(=N)OC. The molecule has 0 saturated carbocycles. The Bertz CT molecular complexity index is 127. The topological polar surface area (TPSA) is 33.1 Å². The quantitative estimate of drug-likeness (QED) is 0.446. The van der Waals surface area contributed by atoms with Gasteiger partial charge in [0.2, 0.25) is 5.90 Å². The normalized spacial score (nSPS) is 11.2. The van der Waals surface area contributed by atoms with E-state index in [1.54, 1.807) is 0 Å². The van der Waals surface area contributed by atoms with E-state index in [-0.39, 0.29) is 5.90 Å². The van der Waals surface area contributed by atoms with Gasteiger partial charge in [-0.05, 0) is 13.3 Å². The van der Waals surface area contributed by atoms with Crippen molar-refractivity contribution in [3.05, 3.63) is 11.6 Å². The van der Waals surface area contributed by atoms with Crippen LogP contribution >= 0.6 is 0 Å². The van der Waals surface area contributed by atoms with Crippen molar-refractivity contribution in [1.82, 2.24) is 0 Å². The summed E-state index contributed by atoms with van der Waals surface area (Å²) in [4.78, 5) is 0. The molecule has 0 aliphatic carbocycles. The summed E-state index contributed by atoms with van der Waals surface area (Å²) >= 11 is 0. The van der Waals surface area contributed by atoms with Gasteiger partial charge in [0.15, 0.2) is 0 Å². The van der Waals surface area contributed by atoms with Crippen LogP contribution in [-0.2, 0) is 4.74 Å². The van der Waals surface area contributed by atoms with Crippen LogP contribution in [0.15, 0.2) is 11.6 Å². The van der Waals surface area contributed by atoms with Crippen LogP contribution in [0.1, 0.15) is 20.3 Å². The van der Waals surface area contributed by atoms with E-state index in [2.05, 4.69) is 4.74 Å². The zero-order chi connectivity index (χ0) is 7.28. The number of allylic oxidation sites excluding steroid dienone is 1. The fourth-order valence-corrected chi connectivity index (χ4v) is 0.560. The minimum Gasteiger partial charge on any atom is -0.481 e. The van der Waals surface area contributed by atoms with Crippen molar-refractivity contribution in [3.63, 3.8) is 0 Å². The minimum absolute atomic E-state index is 0.261. The molecule has 0 rings (SSSR count). The van der Waals surface area contributed by atoms with Gasteiger partial charge in [-0.25, -0.2) is 0 Å². The molecule has 0 unspecified atom stereocenters. The van der Waals surface area contributed by atoms with Gasteiger partial charge in [-0.1, -0.05) is 13.0 Å². The average molecular weight is 127 g/mol. The lowest BCUT2D eigenvalue weighted by Crippen LogP contribution is -1.99. The van der Waals surface area contributed by atoms with E-state index >= 15 is 0 Å². The molecular weight excluding hydrogens is 114 g/mol. The minimum atomic E-state index is 0.261. The molecule has 0 fully saturated rings. The van der Waals surface area contributed by atoms with Crippen molar-refractivity contribution in [2.45, 2.75) is 20.3 Å². The van der Waals surface area contributed by atoms with Gasteiger partial charge in [-0.15, -0.1) is 0 Å². The molecule has 0 bridgehead atoms. The van der Waals surface area contributed by atoms with E-state index < -0.39 is 0 Å². The lowest BCUT2D eigenvalue weighted by Gasteiger charge is -1.99. The number of rotatable bonds is 2. The molecule has 0 radical (unpaired) electrons. The van der Waals surface area contributed by atoms with Crippen molar-refractivity contribution in [1.29, 1.82) is 5.41 Å². The number of hydrogen-bond acceptors (Lipinski definition) is 2. The molecule has 0 spiro atoms. The Morgan fingerprint density at radius 1 is 1.67 bits per heavy atom. The molecule has 0 aromatic carbocycles. The van der Waals surface area contributed by atoms with Crippen molar-refractivity contribution < 1.29 is 4.74 Å². The molecule has 2 nitrogen and oxygen atoms in total. The van der Waals surface area contributed by atoms with Gasteiger partial charge in [0.05, 0.1) is 7.11 Å². The number of methoxy groups -OCH3 is 1. The summed E-state index contributed by atoms with van der Waals surface area (Å²) in [5.74, 6) is 0.261. The second-order valence-corrected chi connectivity index (χ2v) is 1.83. The van der Waals surface area contributed by atoms with Crippen molar-refractivity contribution in [3.8, 4) is 0 Å². The van der Waals surface area contributed by atoms with E-state index in [1.807, 2.05) is 19.9 Å². The number of hydrogen-bond donors (Lipinski definition) is 1. The maximum Gasteiger partial charge on any atom is 0.208 e. The summed E-state index contributed by atoms with van der Waals surface area (Å²) in [5, 5.41) is 7.16. The first-order chi connectivity index (χ1) is 4.22. The summed E-state index contributed by atoms with van der Waals surface area (Å²) in [6.07, 6.45) is 2.92. The maximum atomic E-state index is 7.16. The van der Waals surface area contributed by atoms with Crippen LogP contribution in [0.4, 0.5) is 0 Å². The first kappa shape index (κ1) is 8.21. The average Bonchev–Trinajstić information content (AvgIpc) is 1.87. The van der Waals surface area contributed by atoms with Crippen molar-refractivity contribution >= 4 is 5.90 Å². The molecule has 0 aromatic rings. The van der Waals surface area contributed by atoms with Crippen molar-refractivity contribution in [2.75, 3.05) is 7.11 Å². The van der Waals surface area contributed by atoms with Gasteiger partial charge in [0, 0.05) is 5.57 Å². The van der Waals surface area contributed by atoms with E-state index in [0.29, 0.717) is 0 Å². The molecule has 0 aliphatic heterocycles. The third kappa shape index (κ3) is 2.90. The molecule has 52 valence electrons. The molecule has 0 aromatic heterocycles.